The van der Waals surface area contributed by atoms with Crippen molar-refractivity contribution in [2.75, 3.05) is 5.75 Å². The molecule has 0 saturated heterocycles. The smallest absolute Gasteiger partial charge is 0.174 e. The molecule has 0 aliphatic carbocycles. The Morgan fingerprint density at radius 1 is 0.893 bits per heavy atom. The fraction of sp³-hybridized carbons (Fsp3) is 0.0455. The second kappa shape index (κ2) is 8.09. The molecule has 0 amide bonds. The molecule has 138 valence electrons. The molecule has 0 fully saturated rings. The van der Waals surface area contributed by atoms with Crippen LogP contribution in [0, 0.1) is 5.82 Å². The topological polar surface area (TPSA) is 42.9 Å². The molecule has 6 heteroatoms. The van der Waals surface area contributed by atoms with Gasteiger partial charge in [0.25, 0.3) is 0 Å². The van der Waals surface area contributed by atoms with Crippen LogP contribution in [0.5, 0.6) is 0 Å². The number of hydrogen-bond donors (Lipinski definition) is 0. The van der Waals surface area contributed by atoms with Gasteiger partial charge in [-0.25, -0.2) is 4.39 Å². The Hall–Kier alpha value is -2.76. The highest BCUT2D eigenvalue weighted by Crippen LogP contribution is 2.32. The van der Waals surface area contributed by atoms with Crippen molar-refractivity contribution >= 4 is 39.9 Å². The minimum absolute atomic E-state index is 0.0657. The molecule has 4 rings (SSSR count). The number of carbonyl (C=O) groups excluding carboxylic acids is 1. The van der Waals surface area contributed by atoms with Crippen molar-refractivity contribution in [2.45, 2.75) is 5.03 Å². The molecule has 28 heavy (non-hydrogen) atoms. The van der Waals surface area contributed by atoms with Gasteiger partial charge >= 0.3 is 0 Å². The molecule has 0 radical (unpaired) electrons. The molecule has 1 heterocycles. The van der Waals surface area contributed by atoms with Crippen LogP contribution in [0.3, 0.4) is 0 Å². The van der Waals surface area contributed by atoms with Crippen molar-refractivity contribution in [3.05, 3.63) is 89.2 Å². The summed E-state index contributed by atoms with van der Waals surface area (Å²) in [6.45, 7) is 0. The van der Waals surface area contributed by atoms with E-state index in [4.69, 9.17) is 11.6 Å². The van der Waals surface area contributed by atoms with E-state index in [0.29, 0.717) is 21.3 Å². The van der Waals surface area contributed by atoms with E-state index in [9.17, 15) is 9.18 Å². The Morgan fingerprint density at radius 2 is 1.57 bits per heavy atom. The third-order valence-corrected chi connectivity index (χ3v) is 5.60. The second-order valence-corrected chi connectivity index (χ2v) is 7.47. The van der Waals surface area contributed by atoms with Crippen LogP contribution in [-0.2, 0) is 0 Å². The van der Waals surface area contributed by atoms with Gasteiger partial charge in [-0.1, -0.05) is 59.8 Å². The van der Waals surface area contributed by atoms with Crippen molar-refractivity contribution < 1.29 is 9.18 Å². The first-order chi connectivity index (χ1) is 13.6. The maximum absolute atomic E-state index is 13.2. The summed E-state index contributed by atoms with van der Waals surface area (Å²) in [4.78, 5) is 12.5. The number of carbonyl (C=O) groups is 1. The Kier molecular flexibility index (Phi) is 5.37. The third-order valence-electron chi connectivity index (χ3n) is 4.29. The zero-order chi connectivity index (χ0) is 19.5. The highest BCUT2D eigenvalue weighted by atomic mass is 35.5. The van der Waals surface area contributed by atoms with Crippen molar-refractivity contribution in [2.24, 2.45) is 0 Å². The van der Waals surface area contributed by atoms with Gasteiger partial charge in [0, 0.05) is 21.9 Å². The zero-order valence-electron chi connectivity index (χ0n) is 14.6. The largest absolute Gasteiger partial charge is 0.293 e. The van der Waals surface area contributed by atoms with Gasteiger partial charge in [-0.05, 0) is 36.4 Å². The average molecular weight is 409 g/mol. The number of thioether (sulfide) groups is 1. The summed E-state index contributed by atoms with van der Waals surface area (Å²) < 4.78 is 13.2. The van der Waals surface area contributed by atoms with E-state index in [0.717, 1.165) is 16.3 Å². The van der Waals surface area contributed by atoms with Gasteiger partial charge in [-0.3, -0.25) is 4.79 Å². The number of fused-ring (bicyclic) bond motifs is 1. The number of halogens is 2. The average Bonchev–Trinajstić information content (AvgIpc) is 2.73. The Balaban J connectivity index is 1.66. The number of benzene rings is 3. The standard InChI is InChI=1S/C22H14ClFN2OS/c23-19-8-4-3-7-18(19)20(27)13-28-22-17-6-2-1-5-16(17)21(25-26-22)14-9-11-15(24)12-10-14/h1-12H,13H2. The predicted molar refractivity (Wildman–Crippen MR) is 111 cm³/mol. The molecule has 1 aromatic heterocycles. The minimum Gasteiger partial charge on any atom is -0.293 e. The lowest BCUT2D eigenvalue weighted by Crippen LogP contribution is -2.04. The number of rotatable bonds is 5. The summed E-state index contributed by atoms with van der Waals surface area (Å²) in [5.41, 5.74) is 1.96. The van der Waals surface area contributed by atoms with Crippen LogP contribution in [0.15, 0.2) is 77.8 Å². The molecule has 0 saturated carbocycles. The number of hydrogen-bond acceptors (Lipinski definition) is 4. The maximum atomic E-state index is 13.2. The fourth-order valence-corrected chi connectivity index (χ4v) is 4.00. The van der Waals surface area contributed by atoms with Crippen molar-refractivity contribution in [1.29, 1.82) is 0 Å². The quantitative estimate of drug-likeness (QED) is 0.297. The predicted octanol–water partition coefficient (Wildman–Crippen LogP) is 6.06. The van der Waals surface area contributed by atoms with Gasteiger partial charge in [0.15, 0.2) is 5.78 Å². The molecular formula is C22H14ClFN2OS. The summed E-state index contributed by atoms with van der Waals surface area (Å²) in [5, 5.41) is 11.6. The van der Waals surface area contributed by atoms with E-state index in [-0.39, 0.29) is 17.4 Å². The fourth-order valence-electron chi connectivity index (χ4n) is 2.91. The van der Waals surface area contributed by atoms with Crippen LogP contribution in [-0.4, -0.2) is 21.7 Å². The lowest BCUT2D eigenvalue weighted by Gasteiger charge is -2.09. The van der Waals surface area contributed by atoms with E-state index in [1.165, 1.54) is 23.9 Å². The summed E-state index contributed by atoms with van der Waals surface area (Å²) in [6, 6.07) is 20.9. The molecule has 0 bridgehead atoms. The molecular weight excluding hydrogens is 395 g/mol. The maximum Gasteiger partial charge on any atom is 0.174 e. The molecule has 0 N–H and O–H groups in total. The van der Waals surface area contributed by atoms with Crippen LogP contribution < -0.4 is 0 Å². The molecule has 0 aliphatic rings. The summed E-state index contributed by atoms with van der Waals surface area (Å²) in [5.74, 6) is -0.159. The number of aromatic nitrogens is 2. The number of nitrogens with zero attached hydrogens (tertiary/aromatic N) is 2. The van der Waals surface area contributed by atoms with Gasteiger partial charge in [-0.2, -0.15) is 0 Å². The van der Waals surface area contributed by atoms with Crippen molar-refractivity contribution in [3.63, 3.8) is 0 Å². The van der Waals surface area contributed by atoms with Crippen molar-refractivity contribution in [3.8, 4) is 11.3 Å². The third kappa shape index (κ3) is 3.77. The Morgan fingerprint density at radius 3 is 2.32 bits per heavy atom. The van der Waals surface area contributed by atoms with Gasteiger partial charge in [0.1, 0.15) is 16.5 Å². The molecule has 4 aromatic rings. The van der Waals surface area contributed by atoms with E-state index < -0.39 is 0 Å². The lowest BCUT2D eigenvalue weighted by molar-refractivity contribution is 0.102. The minimum atomic E-state index is -0.300. The first kappa shape index (κ1) is 18.6. The van der Waals surface area contributed by atoms with Crippen LogP contribution >= 0.6 is 23.4 Å². The van der Waals surface area contributed by atoms with Crippen molar-refractivity contribution in [1.82, 2.24) is 10.2 Å². The highest BCUT2D eigenvalue weighted by Gasteiger charge is 2.15. The van der Waals surface area contributed by atoms with Crippen LogP contribution in [0.25, 0.3) is 22.0 Å². The monoisotopic (exact) mass is 408 g/mol. The van der Waals surface area contributed by atoms with Crippen LogP contribution in [0.2, 0.25) is 5.02 Å². The van der Waals surface area contributed by atoms with E-state index >= 15 is 0 Å². The highest BCUT2D eigenvalue weighted by molar-refractivity contribution is 8.00. The molecule has 0 atom stereocenters. The molecule has 3 nitrogen and oxygen atoms in total. The summed E-state index contributed by atoms with van der Waals surface area (Å²) >= 11 is 7.44. The first-order valence-electron chi connectivity index (χ1n) is 8.55. The van der Waals surface area contributed by atoms with Crippen LogP contribution in [0.4, 0.5) is 4.39 Å². The van der Waals surface area contributed by atoms with Gasteiger partial charge in [-0.15, -0.1) is 10.2 Å². The second-order valence-electron chi connectivity index (χ2n) is 6.10. The Bertz CT molecular complexity index is 1160. The SMILES string of the molecule is O=C(CSc1nnc(-c2ccc(F)cc2)c2ccccc12)c1ccccc1Cl. The molecule has 3 aromatic carbocycles. The first-order valence-corrected chi connectivity index (χ1v) is 9.92. The summed E-state index contributed by atoms with van der Waals surface area (Å²) in [7, 11) is 0. The number of ketones is 1. The van der Waals surface area contributed by atoms with Gasteiger partial charge in [0.05, 0.1) is 10.8 Å². The lowest BCUT2D eigenvalue weighted by atomic mass is 10.1. The zero-order valence-corrected chi connectivity index (χ0v) is 16.2. The molecule has 0 spiro atoms. The van der Waals surface area contributed by atoms with E-state index in [2.05, 4.69) is 10.2 Å². The van der Waals surface area contributed by atoms with E-state index in [1.54, 1.807) is 36.4 Å². The Labute approximate surface area is 170 Å². The normalized spacial score (nSPS) is 10.9. The number of Topliss-reactive ketones (excluding diaryl/α,β-unsaturated/α-hetero) is 1. The molecule has 0 unspecified atom stereocenters. The summed E-state index contributed by atoms with van der Waals surface area (Å²) in [6.07, 6.45) is 0. The molecule has 0 aliphatic heterocycles. The van der Waals surface area contributed by atoms with Gasteiger partial charge < -0.3 is 0 Å². The van der Waals surface area contributed by atoms with Crippen LogP contribution in [0.1, 0.15) is 10.4 Å². The van der Waals surface area contributed by atoms with Gasteiger partial charge in [0.2, 0.25) is 0 Å². The van der Waals surface area contributed by atoms with E-state index in [1.807, 2.05) is 24.3 Å².